The number of ether oxygens (including phenoxy) is 1. The number of carbonyl (C=O) groups is 1. The number of carbonyl (C=O) groups excluding carboxylic acids is 1. The average Bonchev–Trinajstić information content (AvgIpc) is 1.65. The number of hydrogen-bond donors (Lipinski definition) is 0. The van der Waals surface area contributed by atoms with E-state index in [1.807, 2.05) is 0 Å². The summed E-state index contributed by atoms with van der Waals surface area (Å²) in [4.78, 5) is 10.1. The Labute approximate surface area is 60.4 Å². The number of thiocarbonyl (C=S) groups is 1. The molecule has 0 spiro atoms. The minimum Gasteiger partial charge on any atom is -0.464 e. The van der Waals surface area contributed by atoms with Gasteiger partial charge in [-0.2, -0.15) is 0 Å². The maximum atomic E-state index is 10.1. The van der Waals surface area contributed by atoms with Gasteiger partial charge in [0.25, 0.3) is 0 Å². The lowest BCUT2D eigenvalue weighted by atomic mass is 10.8. The van der Waals surface area contributed by atoms with E-state index in [1.54, 1.807) is 22.6 Å². The quantitative estimate of drug-likeness (QED) is 0.290. The van der Waals surface area contributed by atoms with E-state index in [4.69, 9.17) is 0 Å². The van der Waals surface area contributed by atoms with Crippen molar-refractivity contribution in [2.45, 2.75) is 0 Å². The van der Waals surface area contributed by atoms with E-state index < -0.39 is 5.97 Å². The summed E-state index contributed by atoms with van der Waals surface area (Å²) in [6.07, 6.45) is 0. The lowest BCUT2D eigenvalue weighted by Crippen LogP contribution is -2.04. The van der Waals surface area contributed by atoms with Crippen LogP contribution in [-0.4, -0.2) is 16.0 Å². The van der Waals surface area contributed by atoms with Gasteiger partial charge in [0.1, 0.15) is 0 Å². The molecule has 0 aliphatic rings. The maximum Gasteiger partial charge on any atom is 0.355 e. The molecule has 40 valence electrons. The summed E-state index contributed by atoms with van der Waals surface area (Å²) in [5, 5.41) is 0. The highest BCUT2D eigenvalue weighted by Gasteiger charge is 2.00. The second kappa shape index (κ2) is 3.31. The largest absolute Gasteiger partial charge is 0.464 e. The number of esters is 1. The zero-order valence-corrected chi connectivity index (χ0v) is 6.58. The van der Waals surface area contributed by atoms with E-state index in [0.717, 1.165) is 0 Å². The minimum atomic E-state index is -0.435. The summed E-state index contributed by atoms with van der Waals surface area (Å²) >= 11 is 6.15. The van der Waals surface area contributed by atoms with Crippen LogP contribution in [0.3, 0.4) is 0 Å². The molecule has 0 heterocycles. The Balaban J connectivity index is 3.58. The molecule has 0 aliphatic carbocycles. The van der Waals surface area contributed by atoms with E-state index in [9.17, 15) is 4.79 Å². The molecule has 0 N–H and O–H groups in total. The molecule has 0 unspecified atom stereocenters. The Morgan fingerprint density at radius 3 is 2.29 bits per heavy atom. The minimum absolute atomic E-state index is 0.236. The highest BCUT2D eigenvalue weighted by Crippen LogP contribution is 1.90. The van der Waals surface area contributed by atoms with Crippen LogP contribution in [0.1, 0.15) is 0 Å². The van der Waals surface area contributed by atoms with Crippen LogP contribution in [0.25, 0.3) is 0 Å². The number of methoxy groups -OCH3 is 1. The summed E-state index contributed by atoms with van der Waals surface area (Å²) in [5.74, 6) is -0.435. The first-order valence-corrected chi connectivity index (χ1v) is 2.95. The molecule has 0 aromatic rings. The van der Waals surface area contributed by atoms with Crippen molar-refractivity contribution in [2.75, 3.05) is 7.11 Å². The van der Waals surface area contributed by atoms with Crippen molar-refractivity contribution < 1.29 is 9.53 Å². The van der Waals surface area contributed by atoms with Gasteiger partial charge in [0.15, 0.2) is 2.87 Å². The molecule has 4 heteroatoms. The second-order valence-corrected chi connectivity index (χ2v) is 2.98. The molecule has 0 fully saturated rings. The molecule has 0 amide bonds. The van der Waals surface area contributed by atoms with Crippen molar-refractivity contribution >= 4 is 43.6 Å². The molecular formula is C3H3IO2S. The monoisotopic (exact) mass is 230 g/mol. The normalized spacial score (nSPS) is 7.71. The lowest BCUT2D eigenvalue weighted by molar-refractivity contribution is -0.132. The third-order valence-corrected chi connectivity index (χ3v) is 0.953. The fraction of sp³-hybridized carbons (Fsp3) is 0.333. The highest BCUT2D eigenvalue weighted by atomic mass is 127. The molecule has 0 aromatic heterocycles. The van der Waals surface area contributed by atoms with E-state index >= 15 is 0 Å². The summed E-state index contributed by atoms with van der Waals surface area (Å²) in [7, 11) is 1.30. The second-order valence-electron chi connectivity index (χ2n) is 0.765. The van der Waals surface area contributed by atoms with Crippen molar-refractivity contribution in [3.8, 4) is 0 Å². The van der Waals surface area contributed by atoms with Gasteiger partial charge in [0.2, 0.25) is 0 Å². The first kappa shape index (κ1) is 7.29. The van der Waals surface area contributed by atoms with Gasteiger partial charge in [-0.15, -0.1) is 0 Å². The molecule has 0 saturated heterocycles. The molecule has 0 saturated carbocycles. The average molecular weight is 230 g/mol. The van der Waals surface area contributed by atoms with Gasteiger partial charge in [0, 0.05) is 0 Å². The highest BCUT2D eigenvalue weighted by molar-refractivity contribution is 14.1. The zero-order chi connectivity index (χ0) is 5.86. The molecule has 7 heavy (non-hydrogen) atoms. The Kier molecular flexibility index (Phi) is 3.45. The third-order valence-electron chi connectivity index (χ3n) is 0.346. The van der Waals surface area contributed by atoms with Crippen LogP contribution in [0, 0.1) is 0 Å². The summed E-state index contributed by atoms with van der Waals surface area (Å²) in [5.41, 5.74) is 0. The van der Waals surface area contributed by atoms with Crippen LogP contribution in [-0.2, 0) is 9.53 Å². The number of hydrogen-bond acceptors (Lipinski definition) is 3. The van der Waals surface area contributed by atoms with Crippen molar-refractivity contribution in [2.24, 2.45) is 0 Å². The van der Waals surface area contributed by atoms with Gasteiger partial charge in [-0.3, -0.25) is 0 Å². The number of rotatable bonds is 1. The smallest absolute Gasteiger partial charge is 0.355 e. The van der Waals surface area contributed by atoms with Gasteiger partial charge in [0.05, 0.1) is 7.11 Å². The van der Waals surface area contributed by atoms with Crippen LogP contribution in [0.2, 0.25) is 0 Å². The van der Waals surface area contributed by atoms with Crippen molar-refractivity contribution in [3.05, 3.63) is 0 Å². The summed E-state index contributed by atoms with van der Waals surface area (Å²) in [6, 6.07) is 0. The van der Waals surface area contributed by atoms with Crippen LogP contribution in [0.5, 0.6) is 0 Å². The van der Waals surface area contributed by atoms with Crippen LogP contribution in [0.15, 0.2) is 0 Å². The van der Waals surface area contributed by atoms with Gasteiger partial charge in [-0.05, 0) is 22.6 Å². The first-order valence-electron chi connectivity index (χ1n) is 1.46. The molecule has 0 aliphatic heterocycles. The molecule has 0 aromatic carbocycles. The third kappa shape index (κ3) is 2.93. The standard InChI is InChI=1S/C3H3IO2S/c1-6-3(5)2(4)7/h1H3. The maximum absolute atomic E-state index is 10.1. The molecule has 0 atom stereocenters. The van der Waals surface area contributed by atoms with Gasteiger partial charge >= 0.3 is 5.97 Å². The topological polar surface area (TPSA) is 26.3 Å². The Hall–Kier alpha value is 0.290. The summed E-state index contributed by atoms with van der Waals surface area (Å²) < 4.78 is 4.46. The van der Waals surface area contributed by atoms with E-state index in [2.05, 4.69) is 17.0 Å². The van der Waals surface area contributed by atoms with Gasteiger partial charge in [-0.25, -0.2) is 4.79 Å². The predicted octanol–water partition coefficient (Wildman–Crippen LogP) is 0.922. The molecule has 0 bridgehead atoms. The van der Waals surface area contributed by atoms with Gasteiger partial charge in [-0.1, -0.05) is 12.2 Å². The molecule has 0 radical (unpaired) electrons. The Bertz CT molecular complexity index is 101. The van der Waals surface area contributed by atoms with E-state index in [1.165, 1.54) is 7.11 Å². The van der Waals surface area contributed by atoms with Crippen LogP contribution >= 0.6 is 34.8 Å². The SMILES string of the molecule is COC(=O)C(=S)I. The van der Waals surface area contributed by atoms with Crippen LogP contribution < -0.4 is 0 Å². The van der Waals surface area contributed by atoms with Crippen LogP contribution in [0.4, 0.5) is 0 Å². The molecular weight excluding hydrogens is 227 g/mol. The zero-order valence-electron chi connectivity index (χ0n) is 3.60. The van der Waals surface area contributed by atoms with E-state index in [-0.39, 0.29) is 2.87 Å². The lowest BCUT2D eigenvalue weighted by Gasteiger charge is -1.88. The predicted molar refractivity (Wildman–Crippen MR) is 38.6 cm³/mol. The molecule has 0 rings (SSSR count). The van der Waals surface area contributed by atoms with Crippen molar-refractivity contribution in [1.29, 1.82) is 0 Å². The van der Waals surface area contributed by atoms with E-state index in [0.29, 0.717) is 0 Å². The molecule has 2 nitrogen and oxygen atoms in total. The first-order chi connectivity index (χ1) is 3.18. The fourth-order valence-corrected chi connectivity index (χ4v) is 0.384. The summed E-state index contributed by atoms with van der Waals surface area (Å²) in [6.45, 7) is 0. The number of halogens is 1. The van der Waals surface area contributed by atoms with Crippen molar-refractivity contribution in [1.82, 2.24) is 0 Å². The fourth-order valence-electron chi connectivity index (χ4n) is 0.0802. The Morgan fingerprint density at radius 1 is 1.86 bits per heavy atom. The van der Waals surface area contributed by atoms with Crippen molar-refractivity contribution in [3.63, 3.8) is 0 Å². The van der Waals surface area contributed by atoms with Gasteiger partial charge < -0.3 is 4.74 Å². The Morgan fingerprint density at radius 2 is 2.29 bits per heavy atom.